The highest BCUT2D eigenvalue weighted by atomic mass is 32.2. The van der Waals surface area contributed by atoms with Crippen LogP contribution in [0, 0.1) is 0 Å². The smallest absolute Gasteiger partial charge is 0.372 e. The quantitative estimate of drug-likeness (QED) is 0.660. The lowest BCUT2D eigenvalue weighted by atomic mass is 10.0. The molecule has 0 saturated heterocycles. The predicted molar refractivity (Wildman–Crippen MR) is 107 cm³/mol. The molecule has 0 aliphatic rings. The molecule has 0 saturated carbocycles. The van der Waals surface area contributed by atoms with Crippen LogP contribution in [-0.4, -0.2) is 47.2 Å². The first kappa shape index (κ1) is 22.0. The molecule has 1 atom stereocenters. The van der Waals surface area contributed by atoms with Crippen LogP contribution in [0.1, 0.15) is 17.3 Å². The monoisotopic (exact) mass is 417 g/mol. The van der Waals surface area contributed by atoms with Crippen LogP contribution < -0.4 is 10.1 Å². The molecule has 0 radical (unpaired) electrons. The van der Waals surface area contributed by atoms with Crippen LogP contribution in [0.5, 0.6) is 5.75 Å². The number of ether oxygens (including phenoxy) is 2. The van der Waals surface area contributed by atoms with Crippen molar-refractivity contribution in [3.63, 3.8) is 0 Å². The summed E-state index contributed by atoms with van der Waals surface area (Å²) in [5.74, 6) is -2.74. The molecule has 2 N–H and O–H groups in total. The van der Waals surface area contributed by atoms with Gasteiger partial charge in [0.2, 0.25) is 5.91 Å². The zero-order valence-corrected chi connectivity index (χ0v) is 16.5. The summed E-state index contributed by atoms with van der Waals surface area (Å²) in [5.41, 5.74) is 1.65. The molecule has 1 amide bonds. The Kier molecular flexibility index (Phi) is 7.79. The van der Waals surface area contributed by atoms with Gasteiger partial charge in [-0.05, 0) is 35.0 Å². The van der Waals surface area contributed by atoms with E-state index in [9.17, 15) is 19.2 Å². The molecule has 0 heterocycles. The largest absolute Gasteiger partial charge is 0.480 e. The summed E-state index contributed by atoms with van der Waals surface area (Å²) in [6.45, 7) is 1.18. The van der Waals surface area contributed by atoms with E-state index in [-0.39, 0.29) is 17.1 Å². The number of carboxylic acids is 1. The number of nitrogens with one attached hydrogen (secondary N) is 1. The van der Waals surface area contributed by atoms with E-state index in [0.717, 1.165) is 11.1 Å². The number of aliphatic carboxylic acids is 1. The van der Waals surface area contributed by atoms with Crippen LogP contribution in [0.15, 0.2) is 48.5 Å². The molecule has 2 aromatic rings. The van der Waals surface area contributed by atoms with E-state index >= 15 is 0 Å². The molecule has 0 spiro atoms. The molecule has 2 rings (SSSR count). The van der Waals surface area contributed by atoms with E-state index in [4.69, 9.17) is 14.6 Å². The van der Waals surface area contributed by atoms with Crippen LogP contribution in [0.25, 0.3) is 11.1 Å². The lowest BCUT2D eigenvalue weighted by Crippen LogP contribution is -2.41. The highest BCUT2D eigenvalue weighted by Crippen LogP contribution is 2.28. The molecule has 8 nitrogen and oxygen atoms in total. The molecule has 2 aromatic carbocycles. The SMILES string of the molecule is COC(=O)c1cc(-c2ccccc2)ccc1OC(=O)SC[C@H](NC(C)=O)C(=O)O. The maximum Gasteiger partial charge on any atom is 0.372 e. The average Bonchev–Trinajstić information content (AvgIpc) is 2.71. The molecule has 152 valence electrons. The predicted octanol–water partition coefficient (Wildman–Crippen LogP) is 2.96. The van der Waals surface area contributed by atoms with Crippen molar-refractivity contribution in [1.82, 2.24) is 5.32 Å². The number of carboxylic acid groups (broad SMARTS) is 1. The summed E-state index contributed by atoms with van der Waals surface area (Å²) in [5, 5.41) is 10.5. The second-order valence-electron chi connectivity index (χ2n) is 5.82. The molecular formula is C20H19NO7S. The number of thioether (sulfide) groups is 1. The van der Waals surface area contributed by atoms with Crippen LogP contribution in [-0.2, 0) is 14.3 Å². The van der Waals surface area contributed by atoms with Crippen LogP contribution in [0.2, 0.25) is 0 Å². The van der Waals surface area contributed by atoms with Crippen molar-refractivity contribution in [2.45, 2.75) is 13.0 Å². The summed E-state index contributed by atoms with van der Waals surface area (Å²) in [7, 11) is 1.21. The van der Waals surface area contributed by atoms with Crippen LogP contribution >= 0.6 is 11.8 Å². The van der Waals surface area contributed by atoms with E-state index in [1.807, 2.05) is 30.3 Å². The maximum absolute atomic E-state index is 12.1. The Labute approximate surface area is 171 Å². The van der Waals surface area contributed by atoms with Crippen molar-refractivity contribution in [2.75, 3.05) is 12.9 Å². The number of esters is 1. The van der Waals surface area contributed by atoms with Gasteiger partial charge in [0.05, 0.1) is 7.11 Å². The van der Waals surface area contributed by atoms with Crippen molar-refractivity contribution in [3.05, 3.63) is 54.1 Å². The first-order chi connectivity index (χ1) is 13.8. The third kappa shape index (κ3) is 6.35. The van der Waals surface area contributed by atoms with Gasteiger partial charge < -0.3 is 19.9 Å². The average molecular weight is 417 g/mol. The lowest BCUT2D eigenvalue weighted by Gasteiger charge is -2.13. The molecule has 29 heavy (non-hydrogen) atoms. The van der Waals surface area contributed by atoms with E-state index in [0.29, 0.717) is 11.8 Å². The summed E-state index contributed by atoms with van der Waals surface area (Å²) in [6, 6.07) is 12.8. The van der Waals surface area contributed by atoms with Gasteiger partial charge in [-0.15, -0.1) is 0 Å². The fourth-order valence-electron chi connectivity index (χ4n) is 2.39. The van der Waals surface area contributed by atoms with Gasteiger partial charge in [-0.25, -0.2) is 14.4 Å². The molecule has 0 aliphatic heterocycles. The minimum atomic E-state index is -1.28. The number of amides is 1. The number of hydrogen-bond acceptors (Lipinski definition) is 7. The summed E-state index contributed by atoms with van der Waals surface area (Å²) >= 11 is 0.569. The standard InChI is InChI=1S/C20H19NO7S/c1-12(22)21-16(18(23)24)11-29-20(26)28-17-9-8-14(10-15(17)19(25)27-2)13-6-4-3-5-7-13/h3-10,16H,11H2,1-2H3,(H,21,22)(H,23,24)/t16-/m0/s1. The fraction of sp³-hybridized carbons (Fsp3) is 0.200. The second-order valence-corrected chi connectivity index (χ2v) is 6.78. The van der Waals surface area contributed by atoms with Gasteiger partial charge in [-0.1, -0.05) is 36.4 Å². The second kappa shape index (κ2) is 10.3. The molecule has 0 aliphatic carbocycles. The molecule has 9 heteroatoms. The Morgan fingerprint density at radius 1 is 1.07 bits per heavy atom. The number of rotatable bonds is 7. The van der Waals surface area contributed by atoms with Crippen molar-refractivity contribution < 1.29 is 33.8 Å². The van der Waals surface area contributed by atoms with Gasteiger partial charge in [-0.3, -0.25) is 4.79 Å². The van der Waals surface area contributed by atoms with Crippen molar-refractivity contribution in [3.8, 4) is 16.9 Å². The van der Waals surface area contributed by atoms with Crippen molar-refractivity contribution >= 4 is 34.9 Å². The minimum absolute atomic E-state index is 0.0135. The molecule has 0 unspecified atom stereocenters. The van der Waals surface area contributed by atoms with Gasteiger partial charge in [0.15, 0.2) is 0 Å². The molecule has 0 bridgehead atoms. The van der Waals surface area contributed by atoms with Gasteiger partial charge in [0, 0.05) is 12.7 Å². The van der Waals surface area contributed by atoms with Crippen molar-refractivity contribution in [2.24, 2.45) is 0 Å². The fourth-order valence-corrected chi connectivity index (χ4v) is 3.07. The summed E-state index contributed by atoms with van der Waals surface area (Å²) in [4.78, 5) is 46.4. The minimum Gasteiger partial charge on any atom is -0.480 e. The van der Waals surface area contributed by atoms with Gasteiger partial charge in [-0.2, -0.15) is 0 Å². The van der Waals surface area contributed by atoms with Crippen molar-refractivity contribution in [1.29, 1.82) is 0 Å². The highest BCUT2D eigenvalue weighted by molar-refractivity contribution is 8.13. The summed E-state index contributed by atoms with van der Waals surface area (Å²) < 4.78 is 9.97. The number of carbonyl (C=O) groups is 4. The number of methoxy groups -OCH3 is 1. The normalized spacial score (nSPS) is 11.2. The first-order valence-corrected chi connectivity index (χ1v) is 9.42. The Balaban J connectivity index is 2.16. The molecule has 0 aromatic heterocycles. The number of carbonyl (C=O) groups excluding carboxylic acids is 3. The Bertz CT molecular complexity index is 914. The van der Waals surface area contributed by atoms with Gasteiger partial charge >= 0.3 is 17.2 Å². The molecular weight excluding hydrogens is 398 g/mol. The zero-order chi connectivity index (χ0) is 21.4. The van der Waals surface area contributed by atoms with Gasteiger partial charge in [0.1, 0.15) is 17.4 Å². The summed E-state index contributed by atoms with van der Waals surface area (Å²) in [6.07, 6.45) is 0. The Hall–Kier alpha value is -3.33. The van der Waals surface area contributed by atoms with Gasteiger partial charge in [0.25, 0.3) is 0 Å². The van der Waals surface area contributed by atoms with Crippen LogP contribution in [0.4, 0.5) is 4.79 Å². The van der Waals surface area contributed by atoms with E-state index < -0.39 is 29.2 Å². The number of hydrogen-bond donors (Lipinski definition) is 2. The zero-order valence-electron chi connectivity index (χ0n) is 15.7. The third-order valence-corrected chi connectivity index (χ3v) is 4.55. The Morgan fingerprint density at radius 2 is 1.76 bits per heavy atom. The third-order valence-electron chi connectivity index (χ3n) is 3.73. The van der Waals surface area contributed by atoms with E-state index in [2.05, 4.69) is 5.32 Å². The van der Waals surface area contributed by atoms with E-state index in [1.165, 1.54) is 20.1 Å². The Morgan fingerprint density at radius 3 is 2.34 bits per heavy atom. The first-order valence-electron chi connectivity index (χ1n) is 8.44. The van der Waals surface area contributed by atoms with Crippen LogP contribution in [0.3, 0.4) is 0 Å². The highest BCUT2D eigenvalue weighted by Gasteiger charge is 2.22. The molecule has 0 fully saturated rings. The number of benzene rings is 2. The van der Waals surface area contributed by atoms with E-state index in [1.54, 1.807) is 12.1 Å². The topological polar surface area (TPSA) is 119 Å². The maximum atomic E-state index is 12.1. The lowest BCUT2D eigenvalue weighted by molar-refractivity contribution is -0.140.